The fraction of sp³-hybridized carbons (Fsp3) is 0.0263. The van der Waals surface area contributed by atoms with Gasteiger partial charge in [-0.3, -0.25) is 9.97 Å². The molecular formula is C76H47N3O2S. The molecule has 0 fully saturated rings. The van der Waals surface area contributed by atoms with Gasteiger partial charge in [0.05, 0.1) is 17.4 Å². The SMILES string of the molecule is C1=CC2C(C=C1c1ccccc1-c1ccccn1)c1cc(-c3ccc4oc5ccc(-c6cc(-c7ccc8oc9ccc(-c%10ccccc%10-c%10ccccn%10)cc9c8c7)cc7c6sc6ccccc67)cc5c4c3)ccc1N2c1ccccc1. The molecule has 1 aliphatic heterocycles. The van der Waals surface area contributed by atoms with E-state index in [0.29, 0.717) is 0 Å². The number of nitrogens with zero attached hydrogens (tertiary/aromatic N) is 3. The van der Waals surface area contributed by atoms with E-state index in [1.54, 1.807) is 0 Å². The van der Waals surface area contributed by atoms with Crippen LogP contribution in [0.4, 0.5) is 11.4 Å². The second-order valence-electron chi connectivity index (χ2n) is 21.5. The van der Waals surface area contributed by atoms with Gasteiger partial charge in [0.15, 0.2) is 0 Å². The standard InChI is InChI=1S/C76H47N3O2S/c1-2-14-53(15-3-1)79-69-30-24-46(38-60(69)61-41-49(25-31-70(61)79)54-16-4-6-18-56(54)67-21-10-12-36-77-67)47-26-32-71-62(39-47)65-43-51(29-35-74(65)80-71)59-44-52(45-66-58-20-8-9-23-75(58)82-76(59)66)48-27-33-72-63(40-48)64-42-50(28-34-73(64)81-72)55-17-5-7-19-57(55)68-22-11-13-37-78-68/h1-45,61,70H. The Labute approximate surface area is 476 Å². The molecular weight excluding hydrogens is 1020 g/mol. The van der Waals surface area contributed by atoms with Crippen molar-refractivity contribution < 1.29 is 8.83 Å². The van der Waals surface area contributed by atoms with Gasteiger partial charge in [0.25, 0.3) is 0 Å². The number of allylic oxidation sites excluding steroid dienone is 2. The molecule has 0 saturated carbocycles. The average molecular weight is 1070 g/mol. The summed E-state index contributed by atoms with van der Waals surface area (Å²) in [6.45, 7) is 0. The summed E-state index contributed by atoms with van der Waals surface area (Å²) in [5, 5.41) is 6.85. The summed E-state index contributed by atoms with van der Waals surface area (Å²) < 4.78 is 15.7. The average Bonchev–Trinajstić information content (AvgIpc) is 4.33. The van der Waals surface area contributed by atoms with E-state index >= 15 is 0 Å². The predicted molar refractivity (Wildman–Crippen MR) is 341 cm³/mol. The number of thiophene rings is 1. The molecule has 6 heterocycles. The molecule has 2 unspecified atom stereocenters. The van der Waals surface area contributed by atoms with Crippen LogP contribution in [-0.2, 0) is 0 Å². The third kappa shape index (κ3) is 7.53. The highest BCUT2D eigenvalue weighted by Crippen LogP contribution is 2.52. The molecule has 0 radical (unpaired) electrons. The first-order valence-electron chi connectivity index (χ1n) is 27.9. The molecule has 5 aromatic heterocycles. The molecule has 0 saturated heterocycles. The monoisotopic (exact) mass is 1070 g/mol. The highest BCUT2D eigenvalue weighted by molar-refractivity contribution is 7.26. The number of para-hydroxylation sites is 1. The van der Waals surface area contributed by atoms with Crippen molar-refractivity contribution in [2.75, 3.05) is 4.90 Å². The summed E-state index contributed by atoms with van der Waals surface area (Å²) in [7, 11) is 0. The lowest BCUT2D eigenvalue weighted by Crippen LogP contribution is -2.28. The minimum absolute atomic E-state index is 0.120. The number of hydrogen-bond donors (Lipinski definition) is 0. The molecule has 5 nitrogen and oxygen atoms in total. The molecule has 82 heavy (non-hydrogen) atoms. The Morgan fingerprint density at radius 3 is 1.55 bits per heavy atom. The fourth-order valence-electron chi connectivity index (χ4n) is 13.1. The normalized spacial score (nSPS) is 14.8. The smallest absolute Gasteiger partial charge is 0.135 e. The Bertz CT molecular complexity index is 5130. The molecule has 384 valence electrons. The van der Waals surface area contributed by atoms with Crippen molar-refractivity contribution in [3.63, 3.8) is 0 Å². The van der Waals surface area contributed by atoms with Gasteiger partial charge in [-0.15, -0.1) is 11.3 Å². The summed E-state index contributed by atoms with van der Waals surface area (Å²) in [5.41, 5.74) is 22.9. The first-order chi connectivity index (χ1) is 40.6. The summed E-state index contributed by atoms with van der Waals surface area (Å²) in [4.78, 5) is 12.0. The Morgan fingerprint density at radius 2 is 0.890 bits per heavy atom. The lowest BCUT2D eigenvalue weighted by Gasteiger charge is -2.30. The highest BCUT2D eigenvalue weighted by Gasteiger charge is 2.39. The second kappa shape index (κ2) is 18.6. The van der Waals surface area contributed by atoms with Gasteiger partial charge < -0.3 is 13.7 Å². The summed E-state index contributed by atoms with van der Waals surface area (Å²) in [6.07, 6.45) is 10.9. The number of rotatable bonds is 8. The van der Waals surface area contributed by atoms with Crippen molar-refractivity contribution in [2.45, 2.75) is 12.0 Å². The fourth-order valence-corrected chi connectivity index (χ4v) is 14.3. The summed E-state index contributed by atoms with van der Waals surface area (Å²) >= 11 is 1.86. The minimum Gasteiger partial charge on any atom is -0.456 e. The Balaban J connectivity index is 0.771. The number of fused-ring (bicyclic) bond motifs is 12. The van der Waals surface area contributed by atoms with E-state index in [9.17, 15) is 0 Å². The van der Waals surface area contributed by atoms with Crippen molar-refractivity contribution in [3.05, 3.63) is 284 Å². The molecule has 0 bridgehead atoms. The van der Waals surface area contributed by atoms with E-state index in [2.05, 4.69) is 248 Å². The quantitative estimate of drug-likeness (QED) is 0.152. The van der Waals surface area contributed by atoms with Gasteiger partial charge in [-0.2, -0.15) is 0 Å². The molecule has 10 aromatic carbocycles. The van der Waals surface area contributed by atoms with Crippen molar-refractivity contribution in [1.82, 2.24) is 9.97 Å². The molecule has 2 aliphatic rings. The zero-order chi connectivity index (χ0) is 53.8. The number of hydrogen-bond acceptors (Lipinski definition) is 6. The summed E-state index contributed by atoms with van der Waals surface area (Å²) in [5.74, 6) is 0.120. The Kier molecular flexibility index (Phi) is 10.5. The third-order valence-corrected chi connectivity index (χ3v) is 18.2. The minimum atomic E-state index is 0.120. The number of benzene rings is 10. The van der Waals surface area contributed by atoms with Gasteiger partial charge in [0.2, 0.25) is 0 Å². The number of pyridine rings is 2. The molecule has 17 rings (SSSR count). The topological polar surface area (TPSA) is 55.3 Å². The van der Waals surface area contributed by atoms with Crippen LogP contribution >= 0.6 is 11.3 Å². The van der Waals surface area contributed by atoms with Crippen LogP contribution in [0.25, 0.3) is 137 Å². The molecule has 1 aliphatic carbocycles. The Morgan fingerprint density at radius 1 is 0.378 bits per heavy atom. The van der Waals surface area contributed by atoms with E-state index < -0.39 is 0 Å². The van der Waals surface area contributed by atoms with Crippen LogP contribution in [0.15, 0.2) is 282 Å². The van der Waals surface area contributed by atoms with Crippen LogP contribution in [0, 0.1) is 0 Å². The number of anilines is 2. The van der Waals surface area contributed by atoms with Gasteiger partial charge >= 0.3 is 0 Å². The highest BCUT2D eigenvalue weighted by atomic mass is 32.1. The van der Waals surface area contributed by atoms with Crippen LogP contribution < -0.4 is 4.90 Å². The predicted octanol–water partition coefficient (Wildman–Crippen LogP) is 20.9. The van der Waals surface area contributed by atoms with Crippen molar-refractivity contribution in [1.29, 1.82) is 0 Å². The second-order valence-corrected chi connectivity index (χ2v) is 22.6. The van der Waals surface area contributed by atoms with Gasteiger partial charge in [-0.05, 0) is 171 Å². The van der Waals surface area contributed by atoms with Gasteiger partial charge in [0, 0.05) is 88.1 Å². The summed E-state index contributed by atoms with van der Waals surface area (Å²) in [6, 6.07) is 87.5. The molecule has 2 atom stereocenters. The number of aromatic nitrogens is 2. The first-order valence-corrected chi connectivity index (χ1v) is 28.7. The zero-order valence-corrected chi connectivity index (χ0v) is 45.0. The van der Waals surface area contributed by atoms with Crippen molar-refractivity contribution >= 4 is 92.3 Å². The first kappa shape index (κ1) is 46.5. The molecule has 6 heteroatoms. The third-order valence-electron chi connectivity index (χ3n) is 16.9. The van der Waals surface area contributed by atoms with E-state index in [1.165, 1.54) is 59.4 Å². The van der Waals surface area contributed by atoms with Crippen LogP contribution in [-0.4, -0.2) is 16.0 Å². The maximum Gasteiger partial charge on any atom is 0.135 e. The van der Waals surface area contributed by atoms with E-state index in [0.717, 1.165) is 99.8 Å². The van der Waals surface area contributed by atoms with Crippen LogP contribution in [0.3, 0.4) is 0 Å². The number of furan rings is 2. The van der Waals surface area contributed by atoms with E-state index in [1.807, 2.05) is 41.9 Å². The van der Waals surface area contributed by atoms with Crippen LogP contribution in [0.1, 0.15) is 17.0 Å². The van der Waals surface area contributed by atoms with E-state index in [-0.39, 0.29) is 12.0 Å². The zero-order valence-electron chi connectivity index (χ0n) is 44.2. The maximum atomic E-state index is 6.66. The van der Waals surface area contributed by atoms with Gasteiger partial charge in [-0.25, -0.2) is 0 Å². The molecule has 15 aromatic rings. The van der Waals surface area contributed by atoms with Crippen LogP contribution in [0.5, 0.6) is 0 Å². The molecule has 0 N–H and O–H groups in total. The van der Waals surface area contributed by atoms with Crippen molar-refractivity contribution in [3.8, 4) is 67.0 Å². The van der Waals surface area contributed by atoms with E-state index in [4.69, 9.17) is 18.8 Å². The van der Waals surface area contributed by atoms with Crippen LogP contribution in [0.2, 0.25) is 0 Å². The molecule has 0 amide bonds. The lowest BCUT2D eigenvalue weighted by molar-refractivity contribution is 0.668. The van der Waals surface area contributed by atoms with Gasteiger partial charge in [-0.1, -0.05) is 146 Å². The van der Waals surface area contributed by atoms with Crippen molar-refractivity contribution in [2.24, 2.45) is 0 Å². The Hall–Kier alpha value is -10.4. The lowest BCUT2D eigenvalue weighted by atomic mass is 9.84. The molecule has 0 spiro atoms. The largest absolute Gasteiger partial charge is 0.456 e. The van der Waals surface area contributed by atoms with Gasteiger partial charge in [0.1, 0.15) is 22.3 Å². The maximum absolute atomic E-state index is 6.66.